The molecule has 1 aromatic rings. The van der Waals surface area contributed by atoms with Crippen LogP contribution in [0.4, 0.5) is 4.79 Å². The highest BCUT2D eigenvalue weighted by molar-refractivity contribution is 5.67. The molecule has 18 heavy (non-hydrogen) atoms. The van der Waals surface area contributed by atoms with E-state index in [4.69, 9.17) is 4.74 Å². The van der Waals surface area contributed by atoms with Gasteiger partial charge in [-0.3, -0.25) is 0 Å². The van der Waals surface area contributed by atoms with Gasteiger partial charge in [-0.1, -0.05) is 50.6 Å². The third kappa shape index (κ3) is 5.21. The summed E-state index contributed by atoms with van der Waals surface area (Å²) in [5.74, 6) is 0. The summed E-state index contributed by atoms with van der Waals surface area (Å²) < 4.78 is 5.33. The first kappa shape index (κ1) is 14.6. The molecule has 0 spiro atoms. The maximum absolute atomic E-state index is 11.9. The fourth-order valence-electron chi connectivity index (χ4n) is 1.72. The third-order valence-electron chi connectivity index (χ3n) is 2.74. The van der Waals surface area contributed by atoms with E-state index < -0.39 is 0 Å². The summed E-state index contributed by atoms with van der Waals surface area (Å²) in [4.78, 5) is 13.7. The molecule has 0 saturated heterocycles. The van der Waals surface area contributed by atoms with E-state index in [0.29, 0.717) is 6.61 Å². The normalized spacial score (nSPS) is 10.1. The standard InChI is InChI=1S/C15H23NO2/c1-3-5-12-16(11-4-2)15(17)18-13-14-9-7-6-8-10-14/h6-10H,3-5,11-13H2,1-2H3. The van der Waals surface area contributed by atoms with E-state index >= 15 is 0 Å². The minimum Gasteiger partial charge on any atom is -0.445 e. The fraction of sp³-hybridized carbons (Fsp3) is 0.533. The van der Waals surface area contributed by atoms with Crippen LogP contribution in [0.3, 0.4) is 0 Å². The highest BCUT2D eigenvalue weighted by atomic mass is 16.6. The van der Waals surface area contributed by atoms with Crippen molar-refractivity contribution >= 4 is 6.09 Å². The molecule has 0 heterocycles. The van der Waals surface area contributed by atoms with Crippen molar-refractivity contribution in [3.8, 4) is 0 Å². The topological polar surface area (TPSA) is 29.5 Å². The van der Waals surface area contributed by atoms with Gasteiger partial charge in [-0.05, 0) is 18.4 Å². The Labute approximate surface area is 110 Å². The lowest BCUT2D eigenvalue weighted by atomic mass is 10.2. The predicted molar refractivity (Wildman–Crippen MR) is 73.4 cm³/mol. The molecule has 0 N–H and O–H groups in total. The second-order valence-electron chi connectivity index (χ2n) is 4.38. The highest BCUT2D eigenvalue weighted by Gasteiger charge is 2.13. The molecule has 0 radical (unpaired) electrons. The van der Waals surface area contributed by atoms with E-state index in [2.05, 4.69) is 13.8 Å². The smallest absolute Gasteiger partial charge is 0.410 e. The first-order valence-corrected chi connectivity index (χ1v) is 6.73. The van der Waals surface area contributed by atoms with Crippen LogP contribution in [0.5, 0.6) is 0 Å². The molecule has 0 aliphatic carbocycles. The number of hydrogen-bond acceptors (Lipinski definition) is 2. The Kier molecular flexibility index (Phi) is 6.92. The van der Waals surface area contributed by atoms with Gasteiger partial charge in [-0.2, -0.15) is 0 Å². The number of carbonyl (C=O) groups is 1. The quantitative estimate of drug-likeness (QED) is 0.735. The average molecular weight is 249 g/mol. The third-order valence-corrected chi connectivity index (χ3v) is 2.74. The largest absolute Gasteiger partial charge is 0.445 e. The van der Waals surface area contributed by atoms with Crippen LogP contribution >= 0.6 is 0 Å². The lowest BCUT2D eigenvalue weighted by molar-refractivity contribution is 0.0956. The molecule has 100 valence electrons. The Balaban J connectivity index is 2.40. The van der Waals surface area contributed by atoms with Crippen molar-refractivity contribution in [2.75, 3.05) is 13.1 Å². The van der Waals surface area contributed by atoms with Gasteiger partial charge in [0.15, 0.2) is 0 Å². The minimum atomic E-state index is -0.200. The Hall–Kier alpha value is -1.51. The first-order valence-electron chi connectivity index (χ1n) is 6.73. The summed E-state index contributed by atoms with van der Waals surface area (Å²) >= 11 is 0. The molecule has 0 bridgehead atoms. The summed E-state index contributed by atoms with van der Waals surface area (Å²) in [6, 6.07) is 9.77. The Morgan fingerprint density at radius 1 is 1.11 bits per heavy atom. The molecular weight excluding hydrogens is 226 g/mol. The van der Waals surface area contributed by atoms with E-state index in [9.17, 15) is 4.79 Å². The van der Waals surface area contributed by atoms with Crippen molar-refractivity contribution in [3.05, 3.63) is 35.9 Å². The number of amides is 1. The van der Waals surface area contributed by atoms with Crippen molar-refractivity contribution in [2.45, 2.75) is 39.7 Å². The van der Waals surface area contributed by atoms with Gasteiger partial charge in [0, 0.05) is 13.1 Å². The van der Waals surface area contributed by atoms with Gasteiger partial charge in [0.2, 0.25) is 0 Å². The molecule has 3 nitrogen and oxygen atoms in total. The molecular formula is C15H23NO2. The number of carbonyl (C=O) groups excluding carboxylic acids is 1. The molecule has 0 fully saturated rings. The zero-order valence-corrected chi connectivity index (χ0v) is 11.4. The number of hydrogen-bond donors (Lipinski definition) is 0. The van der Waals surface area contributed by atoms with Gasteiger partial charge in [-0.25, -0.2) is 4.79 Å². The van der Waals surface area contributed by atoms with E-state index in [0.717, 1.165) is 37.9 Å². The minimum absolute atomic E-state index is 0.200. The van der Waals surface area contributed by atoms with Crippen LogP contribution in [-0.2, 0) is 11.3 Å². The van der Waals surface area contributed by atoms with Gasteiger partial charge in [-0.15, -0.1) is 0 Å². The molecule has 0 unspecified atom stereocenters. The maximum Gasteiger partial charge on any atom is 0.410 e. The molecule has 0 saturated carbocycles. The van der Waals surface area contributed by atoms with Crippen LogP contribution in [0, 0.1) is 0 Å². The van der Waals surface area contributed by atoms with E-state index in [-0.39, 0.29) is 6.09 Å². The Bertz CT molecular complexity index is 338. The molecule has 0 aliphatic rings. The number of rotatable bonds is 7. The number of unbranched alkanes of at least 4 members (excludes halogenated alkanes) is 1. The lowest BCUT2D eigenvalue weighted by Gasteiger charge is -2.21. The van der Waals surface area contributed by atoms with Gasteiger partial charge in [0.05, 0.1) is 0 Å². The Morgan fingerprint density at radius 3 is 2.44 bits per heavy atom. The van der Waals surface area contributed by atoms with Gasteiger partial charge in [0.25, 0.3) is 0 Å². The van der Waals surface area contributed by atoms with Gasteiger partial charge >= 0.3 is 6.09 Å². The van der Waals surface area contributed by atoms with Crippen molar-refractivity contribution in [2.24, 2.45) is 0 Å². The van der Waals surface area contributed by atoms with Crippen LogP contribution in [0.2, 0.25) is 0 Å². The molecule has 1 rings (SSSR count). The number of benzene rings is 1. The molecule has 0 atom stereocenters. The molecule has 1 amide bonds. The second-order valence-corrected chi connectivity index (χ2v) is 4.38. The van der Waals surface area contributed by atoms with Crippen LogP contribution in [-0.4, -0.2) is 24.1 Å². The summed E-state index contributed by atoms with van der Waals surface area (Å²) in [7, 11) is 0. The summed E-state index contributed by atoms with van der Waals surface area (Å²) in [5, 5.41) is 0. The lowest BCUT2D eigenvalue weighted by Crippen LogP contribution is -2.33. The molecule has 3 heteroatoms. The summed E-state index contributed by atoms with van der Waals surface area (Å²) in [6.45, 7) is 6.11. The molecule has 1 aromatic carbocycles. The second kappa shape index (κ2) is 8.56. The van der Waals surface area contributed by atoms with Crippen molar-refractivity contribution in [1.82, 2.24) is 4.90 Å². The summed E-state index contributed by atoms with van der Waals surface area (Å²) in [5.41, 5.74) is 1.03. The van der Waals surface area contributed by atoms with E-state index in [1.165, 1.54) is 0 Å². The molecule has 0 aliphatic heterocycles. The summed E-state index contributed by atoms with van der Waals surface area (Å²) in [6.07, 6.45) is 2.88. The van der Waals surface area contributed by atoms with Crippen LogP contribution in [0.15, 0.2) is 30.3 Å². The Morgan fingerprint density at radius 2 is 1.83 bits per heavy atom. The van der Waals surface area contributed by atoms with Crippen molar-refractivity contribution in [3.63, 3.8) is 0 Å². The first-order chi connectivity index (χ1) is 8.77. The zero-order valence-electron chi connectivity index (χ0n) is 11.4. The maximum atomic E-state index is 11.9. The van der Waals surface area contributed by atoms with E-state index in [1.54, 1.807) is 4.90 Å². The van der Waals surface area contributed by atoms with Crippen molar-refractivity contribution in [1.29, 1.82) is 0 Å². The fourth-order valence-corrected chi connectivity index (χ4v) is 1.72. The monoisotopic (exact) mass is 249 g/mol. The van der Waals surface area contributed by atoms with Crippen LogP contribution in [0.1, 0.15) is 38.7 Å². The number of nitrogens with zero attached hydrogens (tertiary/aromatic N) is 1. The zero-order chi connectivity index (χ0) is 13.2. The number of ether oxygens (including phenoxy) is 1. The average Bonchev–Trinajstić information content (AvgIpc) is 2.42. The SMILES string of the molecule is CCCCN(CCC)C(=O)OCc1ccccc1. The molecule has 0 aromatic heterocycles. The predicted octanol–water partition coefficient (Wildman–Crippen LogP) is 3.84. The van der Waals surface area contributed by atoms with Gasteiger partial charge in [0.1, 0.15) is 6.61 Å². The van der Waals surface area contributed by atoms with Crippen molar-refractivity contribution < 1.29 is 9.53 Å². The van der Waals surface area contributed by atoms with Gasteiger partial charge < -0.3 is 9.64 Å². The van der Waals surface area contributed by atoms with E-state index in [1.807, 2.05) is 30.3 Å². The van der Waals surface area contributed by atoms with Crippen LogP contribution in [0.25, 0.3) is 0 Å². The highest BCUT2D eigenvalue weighted by Crippen LogP contribution is 2.05. The van der Waals surface area contributed by atoms with Crippen LogP contribution < -0.4 is 0 Å².